The van der Waals surface area contributed by atoms with E-state index in [9.17, 15) is 14.7 Å². The second-order valence-electron chi connectivity index (χ2n) is 7.03. The topological polar surface area (TPSA) is 59.3 Å². The average Bonchev–Trinajstić information content (AvgIpc) is 2.74. The average molecular weight is 438 g/mol. The number of aromatic nitrogens is 1. The lowest BCUT2D eigenvalue weighted by Crippen LogP contribution is -2.19. The lowest BCUT2D eigenvalue weighted by atomic mass is 10.0. The zero-order valence-electron chi connectivity index (χ0n) is 15.8. The number of hydrogen-bond donors (Lipinski definition) is 1. The van der Waals surface area contributed by atoms with Crippen molar-refractivity contribution >= 4 is 40.1 Å². The predicted molar refractivity (Wildman–Crippen MR) is 120 cm³/mol. The first-order chi connectivity index (χ1) is 14.4. The molecule has 1 heterocycles. The molecule has 0 fully saturated rings. The van der Waals surface area contributed by atoms with Crippen molar-refractivity contribution < 1.29 is 9.90 Å². The van der Waals surface area contributed by atoms with E-state index in [2.05, 4.69) is 0 Å². The first kappa shape index (κ1) is 20.2. The molecule has 0 radical (unpaired) electrons. The van der Waals surface area contributed by atoms with Crippen LogP contribution in [0, 0.1) is 0 Å². The Balaban J connectivity index is 1.84. The van der Waals surface area contributed by atoms with Crippen LogP contribution in [0.25, 0.3) is 10.9 Å². The third-order valence-electron chi connectivity index (χ3n) is 5.00. The van der Waals surface area contributed by atoms with Gasteiger partial charge in [-0.05, 0) is 41.3 Å². The van der Waals surface area contributed by atoms with Crippen LogP contribution in [0.1, 0.15) is 27.0 Å². The summed E-state index contributed by atoms with van der Waals surface area (Å²) in [6.07, 6.45) is 1.89. The van der Waals surface area contributed by atoms with Crippen molar-refractivity contribution in [2.75, 3.05) is 0 Å². The van der Waals surface area contributed by atoms with Gasteiger partial charge in [-0.1, -0.05) is 71.7 Å². The van der Waals surface area contributed by atoms with Crippen LogP contribution in [0.2, 0.25) is 10.0 Å². The van der Waals surface area contributed by atoms with Gasteiger partial charge in [0, 0.05) is 18.1 Å². The Morgan fingerprint density at radius 1 is 0.933 bits per heavy atom. The van der Waals surface area contributed by atoms with E-state index in [1.165, 1.54) is 6.20 Å². The zero-order valence-corrected chi connectivity index (χ0v) is 17.3. The monoisotopic (exact) mass is 437 g/mol. The second-order valence-corrected chi connectivity index (χ2v) is 7.82. The van der Waals surface area contributed by atoms with E-state index >= 15 is 0 Å². The van der Waals surface area contributed by atoms with Gasteiger partial charge in [-0.2, -0.15) is 0 Å². The van der Waals surface area contributed by atoms with Gasteiger partial charge in [-0.25, -0.2) is 4.79 Å². The summed E-state index contributed by atoms with van der Waals surface area (Å²) in [4.78, 5) is 24.5. The van der Waals surface area contributed by atoms with Crippen molar-refractivity contribution in [3.05, 3.63) is 115 Å². The molecule has 3 aromatic carbocycles. The quantitative estimate of drug-likeness (QED) is 0.438. The molecule has 0 aliphatic heterocycles. The number of benzene rings is 3. The Kier molecular flexibility index (Phi) is 5.62. The highest BCUT2D eigenvalue weighted by molar-refractivity contribution is 6.42. The summed E-state index contributed by atoms with van der Waals surface area (Å²) in [5.41, 5.74) is 2.61. The first-order valence-electron chi connectivity index (χ1n) is 9.30. The number of halogens is 2. The van der Waals surface area contributed by atoms with Crippen molar-refractivity contribution in [3.63, 3.8) is 0 Å². The maximum atomic E-state index is 12.9. The van der Waals surface area contributed by atoms with Crippen LogP contribution in [0.15, 0.2) is 77.7 Å². The standard InChI is InChI=1S/C24H17Cl2NO3/c25-20-8-4-7-17(22(20)26)11-16-9-10-21-18(12-16)23(28)19(24(29)30)14-27(21)13-15-5-2-1-3-6-15/h1-10,12,14H,11,13H2,(H,29,30). The number of carboxylic acids is 1. The minimum absolute atomic E-state index is 0.253. The Hall–Kier alpha value is -3.08. The van der Waals surface area contributed by atoms with Crippen molar-refractivity contribution in [3.8, 4) is 0 Å². The number of aromatic carboxylic acids is 1. The van der Waals surface area contributed by atoms with E-state index in [-0.39, 0.29) is 5.56 Å². The van der Waals surface area contributed by atoms with E-state index in [1.807, 2.05) is 54.6 Å². The summed E-state index contributed by atoms with van der Waals surface area (Å²) in [7, 11) is 0. The molecule has 0 unspecified atom stereocenters. The van der Waals surface area contributed by atoms with Gasteiger partial charge in [0.15, 0.2) is 0 Å². The molecule has 0 atom stereocenters. The zero-order chi connectivity index (χ0) is 21.3. The predicted octanol–water partition coefficient (Wildman–Crippen LogP) is 5.65. The summed E-state index contributed by atoms with van der Waals surface area (Å²) in [6, 6.07) is 20.6. The highest BCUT2D eigenvalue weighted by atomic mass is 35.5. The summed E-state index contributed by atoms with van der Waals surface area (Å²) in [5, 5.41) is 10.8. The van der Waals surface area contributed by atoms with E-state index in [1.54, 1.807) is 16.7 Å². The minimum atomic E-state index is -1.24. The second kappa shape index (κ2) is 8.34. The molecule has 1 aromatic heterocycles. The Morgan fingerprint density at radius 2 is 1.70 bits per heavy atom. The van der Waals surface area contributed by atoms with Gasteiger partial charge >= 0.3 is 5.97 Å². The molecule has 30 heavy (non-hydrogen) atoms. The first-order valence-corrected chi connectivity index (χ1v) is 10.1. The number of fused-ring (bicyclic) bond motifs is 1. The smallest absolute Gasteiger partial charge is 0.341 e. The fraction of sp³-hybridized carbons (Fsp3) is 0.0833. The number of hydrogen-bond acceptors (Lipinski definition) is 2. The largest absolute Gasteiger partial charge is 0.477 e. The molecule has 4 rings (SSSR count). The maximum absolute atomic E-state index is 12.9. The molecule has 0 bridgehead atoms. The van der Waals surface area contributed by atoms with E-state index in [0.717, 1.165) is 16.7 Å². The highest BCUT2D eigenvalue weighted by Crippen LogP contribution is 2.28. The molecule has 0 aliphatic rings. The van der Waals surface area contributed by atoms with E-state index in [4.69, 9.17) is 23.2 Å². The van der Waals surface area contributed by atoms with Crippen molar-refractivity contribution in [1.29, 1.82) is 0 Å². The summed E-state index contributed by atoms with van der Waals surface area (Å²) in [5.74, 6) is -1.24. The van der Waals surface area contributed by atoms with Gasteiger partial charge in [-0.15, -0.1) is 0 Å². The van der Waals surface area contributed by atoms with Crippen molar-refractivity contribution in [2.24, 2.45) is 0 Å². The molecule has 0 saturated carbocycles. The molecule has 6 heteroatoms. The van der Waals surface area contributed by atoms with Gasteiger partial charge in [-0.3, -0.25) is 4.79 Å². The van der Waals surface area contributed by atoms with Crippen LogP contribution in [-0.2, 0) is 13.0 Å². The van der Waals surface area contributed by atoms with Crippen LogP contribution < -0.4 is 5.43 Å². The van der Waals surface area contributed by atoms with Crippen LogP contribution >= 0.6 is 23.2 Å². The molecule has 4 nitrogen and oxygen atoms in total. The van der Waals surface area contributed by atoms with Gasteiger partial charge in [0.2, 0.25) is 5.43 Å². The molecular weight excluding hydrogens is 421 g/mol. The number of rotatable bonds is 5. The molecule has 0 saturated heterocycles. The van der Waals surface area contributed by atoms with Crippen molar-refractivity contribution in [1.82, 2.24) is 4.57 Å². The number of nitrogens with zero attached hydrogens (tertiary/aromatic N) is 1. The molecule has 0 amide bonds. The summed E-state index contributed by atoms with van der Waals surface area (Å²) in [6.45, 7) is 0.456. The van der Waals surface area contributed by atoms with Gasteiger partial charge < -0.3 is 9.67 Å². The number of pyridine rings is 1. The fourth-order valence-corrected chi connectivity index (χ4v) is 3.91. The van der Waals surface area contributed by atoms with Crippen LogP contribution in [0.5, 0.6) is 0 Å². The molecule has 4 aromatic rings. The lowest BCUT2D eigenvalue weighted by molar-refractivity contribution is 0.0695. The molecule has 150 valence electrons. The van der Waals surface area contributed by atoms with Gasteiger partial charge in [0.1, 0.15) is 5.56 Å². The number of carbonyl (C=O) groups is 1. The minimum Gasteiger partial charge on any atom is -0.477 e. The Morgan fingerprint density at radius 3 is 2.43 bits per heavy atom. The molecule has 0 aliphatic carbocycles. The van der Waals surface area contributed by atoms with Gasteiger partial charge in [0.05, 0.1) is 15.6 Å². The normalized spacial score (nSPS) is 11.0. The SMILES string of the molecule is O=C(O)c1cn(Cc2ccccc2)c2ccc(Cc3cccc(Cl)c3Cl)cc2c1=O. The fourth-order valence-electron chi connectivity index (χ4n) is 3.52. The maximum Gasteiger partial charge on any atom is 0.341 e. The molecule has 1 N–H and O–H groups in total. The van der Waals surface area contributed by atoms with Crippen LogP contribution in [0.4, 0.5) is 0 Å². The Labute approximate surface area is 182 Å². The van der Waals surface area contributed by atoms with Gasteiger partial charge in [0.25, 0.3) is 0 Å². The van der Waals surface area contributed by atoms with Crippen LogP contribution in [-0.4, -0.2) is 15.6 Å². The number of carboxylic acid groups (broad SMARTS) is 1. The third kappa shape index (κ3) is 3.97. The van der Waals surface area contributed by atoms with E-state index < -0.39 is 11.4 Å². The lowest BCUT2D eigenvalue weighted by Gasteiger charge is -2.14. The van der Waals surface area contributed by atoms with Crippen molar-refractivity contribution in [2.45, 2.75) is 13.0 Å². The molecule has 0 spiro atoms. The third-order valence-corrected chi connectivity index (χ3v) is 5.85. The van der Waals surface area contributed by atoms with E-state index in [0.29, 0.717) is 33.9 Å². The summed E-state index contributed by atoms with van der Waals surface area (Å²) >= 11 is 12.4. The highest BCUT2D eigenvalue weighted by Gasteiger charge is 2.16. The Bertz CT molecular complexity index is 1310. The van der Waals surface area contributed by atoms with Crippen LogP contribution in [0.3, 0.4) is 0 Å². The summed E-state index contributed by atoms with van der Waals surface area (Å²) < 4.78 is 1.80. The molecular formula is C24H17Cl2NO3.